The number of hydrogen-bond donors (Lipinski definition) is 2. The second-order valence-electron chi connectivity index (χ2n) is 8.65. The van der Waals surface area contributed by atoms with E-state index in [0.717, 1.165) is 38.3 Å². The molecule has 0 saturated carbocycles. The van der Waals surface area contributed by atoms with Crippen molar-refractivity contribution in [2.24, 2.45) is 5.10 Å². The molecule has 2 N–H and O–H groups in total. The molecule has 0 atom stereocenters. The number of carbonyl (C=O) groups excluding carboxylic acids is 1. The number of para-hydroxylation sites is 2. The molecular formula is C30H21ClN4OS. The normalized spacial score (nSPS) is 12.4. The molecule has 5 aromatic rings. The van der Waals surface area contributed by atoms with Gasteiger partial charge in [0.15, 0.2) is 0 Å². The molecule has 6 rings (SSSR count). The van der Waals surface area contributed by atoms with Gasteiger partial charge in [-0.25, -0.2) is 10.4 Å². The molecule has 4 aromatic carbocycles. The summed E-state index contributed by atoms with van der Waals surface area (Å²) in [5, 5.41) is 9.33. The van der Waals surface area contributed by atoms with Crippen LogP contribution in [0.25, 0.3) is 22.2 Å². The summed E-state index contributed by atoms with van der Waals surface area (Å²) in [7, 11) is 0. The summed E-state index contributed by atoms with van der Waals surface area (Å²) in [6, 6.07) is 31.2. The summed E-state index contributed by atoms with van der Waals surface area (Å²) in [4.78, 5) is 20.4. The lowest BCUT2D eigenvalue weighted by molar-refractivity contribution is 0.0956. The number of rotatable bonds is 4. The Morgan fingerprint density at radius 3 is 2.51 bits per heavy atom. The van der Waals surface area contributed by atoms with E-state index in [1.165, 1.54) is 4.90 Å². The zero-order valence-corrected chi connectivity index (χ0v) is 21.4. The van der Waals surface area contributed by atoms with E-state index in [1.54, 1.807) is 17.8 Å². The first kappa shape index (κ1) is 23.3. The van der Waals surface area contributed by atoms with Gasteiger partial charge in [0.1, 0.15) is 0 Å². The molecular weight excluding hydrogens is 500 g/mol. The van der Waals surface area contributed by atoms with Gasteiger partial charge >= 0.3 is 0 Å². The molecule has 0 saturated heterocycles. The molecule has 1 aliphatic heterocycles. The van der Waals surface area contributed by atoms with Crippen molar-refractivity contribution in [3.63, 3.8) is 0 Å². The monoisotopic (exact) mass is 520 g/mol. The van der Waals surface area contributed by atoms with Gasteiger partial charge in [0.2, 0.25) is 0 Å². The van der Waals surface area contributed by atoms with E-state index in [2.05, 4.69) is 40.1 Å². The molecule has 0 radical (unpaired) electrons. The fourth-order valence-electron chi connectivity index (χ4n) is 4.26. The van der Waals surface area contributed by atoms with Gasteiger partial charge in [0, 0.05) is 25.8 Å². The first-order valence-electron chi connectivity index (χ1n) is 11.7. The lowest BCUT2D eigenvalue weighted by Crippen LogP contribution is -2.20. The second kappa shape index (κ2) is 9.73. The average molecular weight is 521 g/mol. The number of hydrogen-bond acceptors (Lipinski definition) is 5. The van der Waals surface area contributed by atoms with Gasteiger partial charge in [-0.3, -0.25) is 4.79 Å². The van der Waals surface area contributed by atoms with Gasteiger partial charge in [-0.1, -0.05) is 71.9 Å². The zero-order chi connectivity index (χ0) is 25.4. The molecule has 0 bridgehead atoms. The van der Waals surface area contributed by atoms with Crippen molar-refractivity contribution in [2.75, 3.05) is 5.32 Å². The number of nitrogens with zero attached hydrogens (tertiary/aromatic N) is 2. The molecule has 0 fully saturated rings. The zero-order valence-electron chi connectivity index (χ0n) is 19.8. The summed E-state index contributed by atoms with van der Waals surface area (Å²) in [5.41, 5.74) is 9.30. The Hall–Kier alpha value is -4.13. The Bertz CT molecular complexity index is 1700. The maximum absolute atomic E-state index is 13.3. The van der Waals surface area contributed by atoms with Crippen LogP contribution in [0.15, 0.2) is 112 Å². The van der Waals surface area contributed by atoms with E-state index >= 15 is 0 Å². The van der Waals surface area contributed by atoms with Gasteiger partial charge < -0.3 is 5.32 Å². The number of nitrogens with one attached hydrogen (secondary N) is 2. The van der Waals surface area contributed by atoms with E-state index in [4.69, 9.17) is 16.6 Å². The second-order valence-corrected chi connectivity index (χ2v) is 10.2. The number of fused-ring (bicyclic) bond motifs is 3. The number of halogens is 1. The first-order valence-corrected chi connectivity index (χ1v) is 12.9. The van der Waals surface area contributed by atoms with Crippen LogP contribution in [0.1, 0.15) is 22.8 Å². The highest BCUT2D eigenvalue weighted by Crippen LogP contribution is 2.44. The highest BCUT2D eigenvalue weighted by atomic mass is 35.5. The molecule has 1 amide bonds. The smallest absolute Gasteiger partial charge is 0.272 e. The molecule has 5 nitrogen and oxygen atoms in total. The molecule has 37 heavy (non-hydrogen) atoms. The minimum absolute atomic E-state index is 0.297. The fourth-order valence-corrected chi connectivity index (χ4v) is 5.35. The maximum Gasteiger partial charge on any atom is 0.272 e. The lowest BCUT2D eigenvalue weighted by atomic mass is 10.0. The van der Waals surface area contributed by atoms with E-state index in [9.17, 15) is 4.79 Å². The third kappa shape index (κ3) is 4.69. The van der Waals surface area contributed by atoms with Crippen molar-refractivity contribution in [3.05, 3.63) is 113 Å². The Morgan fingerprint density at radius 1 is 0.892 bits per heavy atom. The van der Waals surface area contributed by atoms with Crippen LogP contribution in [0.4, 0.5) is 11.4 Å². The number of carbonyl (C=O) groups is 1. The lowest BCUT2D eigenvalue weighted by Gasteiger charge is -2.21. The molecule has 180 valence electrons. The van der Waals surface area contributed by atoms with Crippen molar-refractivity contribution in [2.45, 2.75) is 16.7 Å². The van der Waals surface area contributed by atoms with Crippen LogP contribution in [0.3, 0.4) is 0 Å². The Balaban J connectivity index is 1.28. The minimum Gasteiger partial charge on any atom is -0.354 e. The van der Waals surface area contributed by atoms with E-state index in [1.807, 2.05) is 73.7 Å². The molecule has 0 spiro atoms. The summed E-state index contributed by atoms with van der Waals surface area (Å²) in [5.74, 6) is -0.297. The van der Waals surface area contributed by atoms with E-state index in [-0.39, 0.29) is 5.91 Å². The molecule has 0 aliphatic carbocycles. The van der Waals surface area contributed by atoms with Crippen molar-refractivity contribution >= 4 is 57.3 Å². The van der Waals surface area contributed by atoms with Crippen LogP contribution < -0.4 is 10.7 Å². The van der Waals surface area contributed by atoms with Crippen molar-refractivity contribution in [1.29, 1.82) is 0 Å². The molecule has 1 aliphatic rings. The minimum atomic E-state index is -0.297. The van der Waals surface area contributed by atoms with Gasteiger partial charge in [0.25, 0.3) is 5.91 Å². The maximum atomic E-state index is 13.3. The number of aromatic nitrogens is 1. The van der Waals surface area contributed by atoms with Crippen molar-refractivity contribution in [3.8, 4) is 11.3 Å². The van der Waals surface area contributed by atoms with Gasteiger partial charge in [-0.15, -0.1) is 0 Å². The predicted octanol–water partition coefficient (Wildman–Crippen LogP) is 7.92. The van der Waals surface area contributed by atoms with Crippen LogP contribution in [0.2, 0.25) is 5.02 Å². The highest BCUT2D eigenvalue weighted by Gasteiger charge is 2.17. The molecule has 1 aromatic heterocycles. The van der Waals surface area contributed by atoms with Crippen LogP contribution in [0, 0.1) is 0 Å². The summed E-state index contributed by atoms with van der Waals surface area (Å²) < 4.78 is 0. The summed E-state index contributed by atoms with van der Waals surface area (Å²) >= 11 is 7.79. The standard InChI is InChI=1S/C30H21ClN4OS/c1-18(20-12-15-29-27(16-20)33-25-8-4-5-9-28(25)37-29)34-35-30(36)23-17-26(19-10-13-21(31)14-11-19)32-24-7-3-2-6-22(23)24/h2-17,33H,1H3,(H,35,36)/b34-18+. The molecule has 2 heterocycles. The fraction of sp³-hybridized carbons (Fsp3) is 0.0333. The van der Waals surface area contributed by atoms with Crippen LogP contribution >= 0.6 is 23.4 Å². The van der Waals surface area contributed by atoms with Gasteiger partial charge in [0.05, 0.1) is 33.9 Å². The average Bonchev–Trinajstić information content (AvgIpc) is 2.94. The van der Waals surface area contributed by atoms with E-state index in [0.29, 0.717) is 22.0 Å². The van der Waals surface area contributed by atoms with Crippen LogP contribution in [0.5, 0.6) is 0 Å². The Labute approximate surface area is 223 Å². The van der Waals surface area contributed by atoms with Gasteiger partial charge in [-0.05, 0) is 61.0 Å². The van der Waals surface area contributed by atoms with Crippen LogP contribution in [-0.2, 0) is 0 Å². The SMILES string of the molecule is C/C(=N\NC(=O)c1cc(-c2ccc(Cl)cc2)nc2ccccc12)c1ccc2c(c1)Nc1ccccc1S2. The summed E-state index contributed by atoms with van der Waals surface area (Å²) in [6.07, 6.45) is 0. The van der Waals surface area contributed by atoms with Crippen molar-refractivity contribution in [1.82, 2.24) is 10.4 Å². The highest BCUT2D eigenvalue weighted by molar-refractivity contribution is 7.99. The third-order valence-electron chi connectivity index (χ3n) is 6.20. The number of hydrazone groups is 1. The number of pyridine rings is 1. The quantitative estimate of drug-likeness (QED) is 0.183. The topological polar surface area (TPSA) is 66.4 Å². The summed E-state index contributed by atoms with van der Waals surface area (Å²) in [6.45, 7) is 1.88. The predicted molar refractivity (Wildman–Crippen MR) is 152 cm³/mol. The first-order chi connectivity index (χ1) is 18.0. The van der Waals surface area contributed by atoms with Crippen LogP contribution in [-0.4, -0.2) is 16.6 Å². The number of amides is 1. The molecule has 7 heteroatoms. The molecule has 0 unspecified atom stereocenters. The third-order valence-corrected chi connectivity index (χ3v) is 7.60. The number of benzene rings is 4. The Kier molecular flexibility index (Phi) is 6.12. The van der Waals surface area contributed by atoms with Crippen molar-refractivity contribution < 1.29 is 4.79 Å². The van der Waals surface area contributed by atoms with Gasteiger partial charge in [-0.2, -0.15) is 5.10 Å². The largest absolute Gasteiger partial charge is 0.354 e. The number of anilines is 2. The van der Waals surface area contributed by atoms with E-state index < -0.39 is 0 Å². The Morgan fingerprint density at radius 2 is 1.65 bits per heavy atom.